The molecule has 7 heteroatoms. The Morgan fingerprint density at radius 2 is 2.23 bits per heavy atom. The van der Waals surface area contributed by atoms with E-state index in [0.29, 0.717) is 17.8 Å². The summed E-state index contributed by atoms with van der Waals surface area (Å²) in [6.07, 6.45) is 3.06. The molecule has 1 spiro atoms. The highest BCUT2D eigenvalue weighted by Gasteiger charge is 2.46. The maximum Gasteiger partial charge on any atom is 0.273 e. The molecule has 0 saturated carbocycles. The zero-order valence-corrected chi connectivity index (χ0v) is 15.0. The molecule has 26 heavy (non-hydrogen) atoms. The van der Waals surface area contributed by atoms with Crippen LogP contribution in [-0.4, -0.2) is 40.2 Å². The van der Waals surface area contributed by atoms with Crippen molar-refractivity contribution in [3.05, 3.63) is 47.7 Å². The molecule has 0 radical (unpaired) electrons. The molecule has 0 unspecified atom stereocenters. The van der Waals surface area contributed by atoms with Crippen LogP contribution in [0.15, 0.2) is 40.0 Å². The number of hydrogen-bond acceptors (Lipinski definition) is 6. The van der Waals surface area contributed by atoms with Crippen molar-refractivity contribution in [3.8, 4) is 0 Å². The lowest BCUT2D eigenvalue weighted by molar-refractivity contribution is -0.110. The Morgan fingerprint density at radius 1 is 1.35 bits per heavy atom. The SMILES string of the molecule is Cc1ccc(CN2CC[C@@]3(CC(C(=O)Nc4cccnc4C)=NO3)C2)o1. The second-order valence-electron chi connectivity index (χ2n) is 7.05. The Labute approximate surface area is 152 Å². The summed E-state index contributed by atoms with van der Waals surface area (Å²) in [6.45, 7) is 6.17. The third-order valence-corrected chi connectivity index (χ3v) is 4.93. The molecule has 2 aliphatic heterocycles. The van der Waals surface area contributed by atoms with Crippen LogP contribution in [0.25, 0.3) is 0 Å². The molecular formula is C19H22N4O3. The van der Waals surface area contributed by atoms with Crippen LogP contribution in [0.5, 0.6) is 0 Å². The maximum absolute atomic E-state index is 12.5. The summed E-state index contributed by atoms with van der Waals surface area (Å²) >= 11 is 0. The number of aryl methyl sites for hydroxylation is 2. The van der Waals surface area contributed by atoms with Crippen LogP contribution in [0.1, 0.15) is 30.1 Å². The number of nitrogens with zero attached hydrogens (tertiary/aromatic N) is 3. The van der Waals surface area contributed by atoms with Crippen molar-refractivity contribution in [3.63, 3.8) is 0 Å². The molecule has 1 amide bonds. The highest BCUT2D eigenvalue weighted by Crippen LogP contribution is 2.34. The van der Waals surface area contributed by atoms with E-state index in [1.807, 2.05) is 32.0 Å². The summed E-state index contributed by atoms with van der Waals surface area (Å²) in [5.41, 5.74) is 1.50. The summed E-state index contributed by atoms with van der Waals surface area (Å²) in [5.74, 6) is 1.64. The van der Waals surface area contributed by atoms with Crippen molar-refractivity contribution >= 4 is 17.3 Å². The zero-order valence-electron chi connectivity index (χ0n) is 15.0. The third kappa shape index (κ3) is 3.35. The summed E-state index contributed by atoms with van der Waals surface area (Å²) in [5, 5.41) is 6.95. The fraction of sp³-hybridized carbons (Fsp3) is 0.421. The smallest absolute Gasteiger partial charge is 0.273 e. The topological polar surface area (TPSA) is 80.0 Å². The largest absolute Gasteiger partial charge is 0.465 e. The van der Waals surface area contributed by atoms with Gasteiger partial charge < -0.3 is 14.6 Å². The number of furan rings is 1. The fourth-order valence-electron chi connectivity index (χ4n) is 3.53. The minimum atomic E-state index is -0.404. The van der Waals surface area contributed by atoms with Crippen LogP contribution < -0.4 is 5.32 Å². The van der Waals surface area contributed by atoms with E-state index in [-0.39, 0.29) is 5.91 Å². The van der Waals surface area contributed by atoms with Gasteiger partial charge in [0.05, 0.1) is 17.9 Å². The van der Waals surface area contributed by atoms with E-state index in [2.05, 4.69) is 20.4 Å². The average Bonchev–Trinajstić information content (AvgIpc) is 3.32. The molecule has 2 aromatic heterocycles. The molecule has 4 rings (SSSR count). The second-order valence-corrected chi connectivity index (χ2v) is 7.05. The predicted octanol–water partition coefficient (Wildman–Crippen LogP) is 2.65. The Hall–Kier alpha value is -2.67. The highest BCUT2D eigenvalue weighted by molar-refractivity contribution is 6.43. The number of pyridine rings is 1. The van der Waals surface area contributed by atoms with Gasteiger partial charge in [-0.25, -0.2) is 0 Å². The first-order chi connectivity index (χ1) is 12.5. The van der Waals surface area contributed by atoms with Crippen molar-refractivity contribution < 1.29 is 14.0 Å². The Kier molecular flexibility index (Phi) is 4.24. The summed E-state index contributed by atoms with van der Waals surface area (Å²) < 4.78 is 5.65. The third-order valence-electron chi connectivity index (χ3n) is 4.93. The fourth-order valence-corrected chi connectivity index (χ4v) is 3.53. The van der Waals surface area contributed by atoms with Gasteiger partial charge in [-0.2, -0.15) is 0 Å². The average molecular weight is 354 g/mol. The van der Waals surface area contributed by atoms with Crippen LogP contribution in [0.4, 0.5) is 5.69 Å². The lowest BCUT2D eigenvalue weighted by Gasteiger charge is -2.21. The van der Waals surface area contributed by atoms with Gasteiger partial charge in [-0.1, -0.05) is 5.16 Å². The molecule has 7 nitrogen and oxygen atoms in total. The summed E-state index contributed by atoms with van der Waals surface area (Å²) in [6, 6.07) is 7.60. The molecule has 2 aliphatic rings. The first-order valence-electron chi connectivity index (χ1n) is 8.79. The normalized spacial score (nSPS) is 22.5. The molecule has 4 heterocycles. The van der Waals surface area contributed by atoms with Crippen molar-refractivity contribution in [1.82, 2.24) is 9.88 Å². The first-order valence-corrected chi connectivity index (χ1v) is 8.79. The lowest BCUT2D eigenvalue weighted by Crippen LogP contribution is -2.35. The molecule has 0 bridgehead atoms. The van der Waals surface area contributed by atoms with E-state index < -0.39 is 5.60 Å². The van der Waals surface area contributed by atoms with Crippen LogP contribution in [0, 0.1) is 13.8 Å². The van der Waals surface area contributed by atoms with E-state index in [1.54, 1.807) is 12.3 Å². The van der Waals surface area contributed by atoms with E-state index in [9.17, 15) is 4.79 Å². The van der Waals surface area contributed by atoms with Gasteiger partial charge in [0.25, 0.3) is 5.91 Å². The van der Waals surface area contributed by atoms with Gasteiger partial charge in [-0.15, -0.1) is 0 Å². The van der Waals surface area contributed by atoms with Crippen molar-refractivity contribution in [2.75, 3.05) is 18.4 Å². The standard InChI is InChI=1S/C19H22N4O3/c1-13-5-6-15(25-13)11-23-9-7-19(12-23)10-17(22-26-19)18(24)21-16-4-3-8-20-14(16)2/h3-6,8H,7,9-12H2,1-2H3,(H,21,24)/t19-/m1/s1. The minimum absolute atomic E-state index is 0.224. The number of likely N-dealkylation sites (tertiary alicyclic amines) is 1. The molecule has 0 aliphatic carbocycles. The number of carbonyl (C=O) groups excluding carboxylic acids is 1. The molecule has 0 aromatic carbocycles. The molecule has 2 aromatic rings. The van der Waals surface area contributed by atoms with Crippen LogP contribution >= 0.6 is 0 Å². The van der Waals surface area contributed by atoms with Crippen molar-refractivity contribution in [2.24, 2.45) is 5.16 Å². The highest BCUT2D eigenvalue weighted by atomic mass is 16.7. The molecule has 1 saturated heterocycles. The van der Waals surface area contributed by atoms with Gasteiger partial charge in [-0.05, 0) is 38.1 Å². The van der Waals surface area contributed by atoms with E-state index in [1.165, 1.54) is 0 Å². The number of oxime groups is 1. The van der Waals surface area contributed by atoms with Gasteiger partial charge in [-0.3, -0.25) is 14.7 Å². The molecule has 1 atom stereocenters. The molecule has 1 fully saturated rings. The van der Waals surface area contributed by atoms with E-state index in [0.717, 1.165) is 43.3 Å². The van der Waals surface area contributed by atoms with Gasteiger partial charge in [0.2, 0.25) is 0 Å². The Bertz CT molecular complexity index is 860. The number of nitrogens with one attached hydrogen (secondary N) is 1. The lowest BCUT2D eigenvalue weighted by atomic mass is 9.96. The van der Waals surface area contributed by atoms with Crippen LogP contribution in [-0.2, 0) is 16.2 Å². The quantitative estimate of drug-likeness (QED) is 0.913. The summed E-state index contributed by atoms with van der Waals surface area (Å²) in [4.78, 5) is 24.7. The number of anilines is 1. The number of carbonyl (C=O) groups is 1. The number of aromatic nitrogens is 1. The number of hydrogen-bond donors (Lipinski definition) is 1. The maximum atomic E-state index is 12.5. The zero-order chi connectivity index (χ0) is 18.1. The Balaban J connectivity index is 1.35. The van der Waals surface area contributed by atoms with Gasteiger partial charge in [0.15, 0.2) is 5.60 Å². The van der Waals surface area contributed by atoms with Gasteiger partial charge in [0.1, 0.15) is 17.2 Å². The first kappa shape index (κ1) is 16.8. The molecular weight excluding hydrogens is 332 g/mol. The molecule has 1 N–H and O–H groups in total. The Morgan fingerprint density at radius 3 is 3.00 bits per heavy atom. The van der Waals surface area contributed by atoms with E-state index >= 15 is 0 Å². The second kappa shape index (κ2) is 6.57. The van der Waals surface area contributed by atoms with Gasteiger partial charge in [0, 0.05) is 32.1 Å². The molecule has 136 valence electrons. The van der Waals surface area contributed by atoms with Crippen LogP contribution in [0.2, 0.25) is 0 Å². The van der Waals surface area contributed by atoms with Crippen molar-refractivity contribution in [1.29, 1.82) is 0 Å². The van der Waals surface area contributed by atoms with E-state index in [4.69, 9.17) is 9.25 Å². The number of rotatable bonds is 4. The van der Waals surface area contributed by atoms with Gasteiger partial charge >= 0.3 is 0 Å². The summed E-state index contributed by atoms with van der Waals surface area (Å²) in [7, 11) is 0. The predicted molar refractivity (Wildman–Crippen MR) is 96.8 cm³/mol. The monoisotopic (exact) mass is 354 g/mol. The van der Waals surface area contributed by atoms with Crippen LogP contribution in [0.3, 0.4) is 0 Å². The number of amides is 1. The minimum Gasteiger partial charge on any atom is -0.465 e. The van der Waals surface area contributed by atoms with Crippen molar-refractivity contribution in [2.45, 2.75) is 38.8 Å².